The van der Waals surface area contributed by atoms with Gasteiger partial charge in [-0.05, 0) is 79.6 Å². The highest BCUT2D eigenvalue weighted by Crippen LogP contribution is 2.63. The van der Waals surface area contributed by atoms with Gasteiger partial charge < -0.3 is 5.11 Å². The van der Waals surface area contributed by atoms with E-state index in [1.165, 1.54) is 36.8 Å². The van der Waals surface area contributed by atoms with Crippen molar-refractivity contribution in [2.24, 2.45) is 29.1 Å². The summed E-state index contributed by atoms with van der Waals surface area (Å²) in [4.78, 5) is 11.9. The molecular formula is C20H27ClO2. The Bertz CT molecular complexity index is 590. The van der Waals surface area contributed by atoms with Crippen molar-refractivity contribution in [2.75, 3.05) is 6.61 Å². The van der Waals surface area contributed by atoms with Crippen LogP contribution >= 0.6 is 11.6 Å². The minimum Gasteiger partial charge on any atom is -0.392 e. The fraction of sp³-hybridized carbons (Fsp3) is 0.750. The second-order valence-corrected chi connectivity index (χ2v) is 8.67. The van der Waals surface area contributed by atoms with Crippen LogP contribution in [-0.4, -0.2) is 17.5 Å². The number of fused-ring (bicyclic) bond motifs is 5. The number of aliphatic hydroxyl groups is 1. The maximum atomic E-state index is 11.9. The molecular weight excluding hydrogens is 308 g/mol. The third kappa shape index (κ3) is 2.28. The van der Waals surface area contributed by atoms with Crippen LogP contribution in [0.5, 0.6) is 0 Å². The summed E-state index contributed by atoms with van der Waals surface area (Å²) >= 11 is 6.37. The number of aliphatic hydroxyl groups excluding tert-OH is 1. The predicted octanol–water partition coefficient (Wildman–Crippen LogP) is 4.61. The molecule has 3 fully saturated rings. The molecule has 0 aromatic rings. The van der Waals surface area contributed by atoms with E-state index in [4.69, 9.17) is 11.6 Å². The highest BCUT2D eigenvalue weighted by Gasteiger charge is 2.54. The number of halogens is 1. The van der Waals surface area contributed by atoms with E-state index < -0.39 is 0 Å². The summed E-state index contributed by atoms with van der Waals surface area (Å²) in [6.07, 6.45) is 10.9. The highest BCUT2D eigenvalue weighted by molar-refractivity contribution is 6.43. The Morgan fingerprint density at radius 2 is 2.00 bits per heavy atom. The lowest BCUT2D eigenvalue weighted by Crippen LogP contribution is -2.45. The van der Waals surface area contributed by atoms with Crippen LogP contribution in [0.1, 0.15) is 58.3 Å². The lowest BCUT2D eigenvalue weighted by Gasteiger charge is -2.53. The molecule has 0 heterocycles. The number of Topliss-reactive ketones (excluding diaryl/α,β-unsaturated/α-hetero) is 1. The molecule has 3 saturated carbocycles. The van der Waals surface area contributed by atoms with Gasteiger partial charge in [-0.3, -0.25) is 4.79 Å². The van der Waals surface area contributed by atoms with Gasteiger partial charge in [0, 0.05) is 6.42 Å². The van der Waals surface area contributed by atoms with Crippen molar-refractivity contribution in [3.8, 4) is 0 Å². The van der Waals surface area contributed by atoms with Crippen molar-refractivity contribution in [2.45, 2.75) is 58.3 Å². The van der Waals surface area contributed by atoms with E-state index in [1.54, 1.807) is 0 Å². The van der Waals surface area contributed by atoms with Gasteiger partial charge in [-0.15, -0.1) is 0 Å². The van der Waals surface area contributed by atoms with Gasteiger partial charge in [0.05, 0.1) is 11.6 Å². The Labute approximate surface area is 144 Å². The monoisotopic (exact) mass is 334 g/mol. The summed E-state index contributed by atoms with van der Waals surface area (Å²) < 4.78 is 0. The second kappa shape index (κ2) is 5.74. The molecule has 23 heavy (non-hydrogen) atoms. The van der Waals surface area contributed by atoms with Gasteiger partial charge in [-0.1, -0.05) is 30.2 Å². The number of ketones is 1. The van der Waals surface area contributed by atoms with Crippen molar-refractivity contribution in [3.63, 3.8) is 0 Å². The van der Waals surface area contributed by atoms with Gasteiger partial charge in [0.1, 0.15) is 0 Å². The molecule has 0 amide bonds. The molecule has 0 aromatic carbocycles. The Hall–Kier alpha value is -0.600. The maximum Gasteiger partial charge on any atom is 0.174 e. The van der Waals surface area contributed by atoms with Crippen LogP contribution in [0.25, 0.3) is 0 Å². The van der Waals surface area contributed by atoms with Crippen LogP contribution in [-0.2, 0) is 4.79 Å². The smallest absolute Gasteiger partial charge is 0.174 e. The summed E-state index contributed by atoms with van der Waals surface area (Å²) in [5.74, 6) is 3.01. The van der Waals surface area contributed by atoms with Gasteiger partial charge in [0.25, 0.3) is 0 Å². The number of carbonyl (C=O) groups excluding carboxylic acids is 1. The first kappa shape index (κ1) is 15.9. The van der Waals surface area contributed by atoms with E-state index in [2.05, 4.69) is 13.0 Å². The number of carbonyl (C=O) groups is 1. The number of rotatable bonds is 1. The Morgan fingerprint density at radius 3 is 2.78 bits per heavy atom. The molecule has 1 N–H and O–H groups in total. The number of hydrogen-bond acceptors (Lipinski definition) is 2. The summed E-state index contributed by atoms with van der Waals surface area (Å²) in [5.41, 5.74) is 3.10. The van der Waals surface area contributed by atoms with Crippen LogP contribution in [0.15, 0.2) is 22.3 Å². The predicted molar refractivity (Wildman–Crippen MR) is 92.1 cm³/mol. The molecule has 4 aliphatic carbocycles. The molecule has 4 rings (SSSR count). The Morgan fingerprint density at radius 1 is 1.17 bits per heavy atom. The molecule has 0 radical (unpaired) electrons. The third-order valence-corrected chi connectivity index (χ3v) is 8.05. The molecule has 2 nitrogen and oxygen atoms in total. The van der Waals surface area contributed by atoms with Gasteiger partial charge in [0.2, 0.25) is 0 Å². The van der Waals surface area contributed by atoms with E-state index in [1.807, 2.05) is 0 Å². The first-order valence-corrected chi connectivity index (χ1v) is 9.66. The molecule has 5 atom stereocenters. The SMILES string of the molecule is C[C@]12CC[C@H]3[C@@H](CCC4=C(Cl)C(=O)CC[C@@H]43)[C@@H]1CCC2=CCO. The number of allylic oxidation sites excluding steroid dienone is 2. The minimum absolute atomic E-state index is 0.172. The number of hydrogen-bond donors (Lipinski definition) is 1. The summed E-state index contributed by atoms with van der Waals surface area (Å²) in [5, 5.41) is 9.93. The zero-order chi connectivity index (χ0) is 16.2. The largest absolute Gasteiger partial charge is 0.392 e. The van der Waals surface area contributed by atoms with Crippen LogP contribution in [0, 0.1) is 29.1 Å². The average Bonchev–Trinajstić information content (AvgIpc) is 2.88. The topological polar surface area (TPSA) is 37.3 Å². The van der Waals surface area contributed by atoms with E-state index >= 15 is 0 Å². The van der Waals surface area contributed by atoms with Gasteiger partial charge in [0.15, 0.2) is 5.78 Å². The standard InChI is InChI=1S/C20H27ClO2/c1-20-10-8-14-13-5-7-18(23)19(21)16(13)4-3-15(14)17(20)6-2-12(20)9-11-22/h9,13-15,17,22H,2-8,10-11H2,1H3/t13-,14-,15-,17+,20-/m1/s1. The lowest BCUT2D eigenvalue weighted by molar-refractivity contribution is -0.116. The molecule has 0 spiro atoms. The Kier molecular flexibility index (Phi) is 3.97. The molecule has 4 aliphatic rings. The Balaban J connectivity index is 1.64. The van der Waals surface area contributed by atoms with Crippen LogP contribution in [0.3, 0.4) is 0 Å². The molecule has 0 unspecified atom stereocenters. The molecule has 126 valence electrons. The third-order valence-electron chi connectivity index (χ3n) is 7.60. The normalized spacial score (nSPS) is 45.0. The van der Waals surface area contributed by atoms with E-state index in [0.717, 1.165) is 37.0 Å². The summed E-state index contributed by atoms with van der Waals surface area (Å²) in [6, 6.07) is 0. The lowest BCUT2D eigenvalue weighted by atomic mass is 9.52. The van der Waals surface area contributed by atoms with Gasteiger partial charge in [-0.25, -0.2) is 0 Å². The van der Waals surface area contributed by atoms with E-state index in [-0.39, 0.29) is 12.4 Å². The molecule has 3 heteroatoms. The minimum atomic E-state index is 0.172. The van der Waals surface area contributed by atoms with E-state index in [9.17, 15) is 9.90 Å². The van der Waals surface area contributed by atoms with Crippen molar-refractivity contribution in [1.29, 1.82) is 0 Å². The molecule has 0 saturated heterocycles. The van der Waals surface area contributed by atoms with E-state index in [0.29, 0.717) is 22.8 Å². The molecule has 0 aliphatic heterocycles. The first-order chi connectivity index (χ1) is 11.1. The maximum absolute atomic E-state index is 11.9. The fourth-order valence-electron chi connectivity index (χ4n) is 6.53. The van der Waals surface area contributed by atoms with Crippen molar-refractivity contribution < 1.29 is 9.90 Å². The van der Waals surface area contributed by atoms with Crippen LogP contribution in [0.4, 0.5) is 0 Å². The quantitative estimate of drug-likeness (QED) is 0.711. The zero-order valence-electron chi connectivity index (χ0n) is 14.0. The zero-order valence-corrected chi connectivity index (χ0v) is 14.7. The van der Waals surface area contributed by atoms with Crippen LogP contribution in [0.2, 0.25) is 0 Å². The average molecular weight is 335 g/mol. The van der Waals surface area contributed by atoms with Crippen molar-refractivity contribution in [1.82, 2.24) is 0 Å². The van der Waals surface area contributed by atoms with Crippen molar-refractivity contribution in [3.05, 3.63) is 22.3 Å². The van der Waals surface area contributed by atoms with Crippen LogP contribution < -0.4 is 0 Å². The molecule has 0 aromatic heterocycles. The summed E-state index contributed by atoms with van der Waals surface area (Å²) in [7, 11) is 0. The second-order valence-electron chi connectivity index (χ2n) is 8.29. The van der Waals surface area contributed by atoms with Gasteiger partial charge >= 0.3 is 0 Å². The fourth-order valence-corrected chi connectivity index (χ4v) is 6.86. The first-order valence-electron chi connectivity index (χ1n) is 9.28. The highest BCUT2D eigenvalue weighted by atomic mass is 35.5. The van der Waals surface area contributed by atoms with Crippen molar-refractivity contribution >= 4 is 17.4 Å². The summed E-state index contributed by atoms with van der Waals surface area (Å²) in [6.45, 7) is 2.62. The van der Waals surface area contributed by atoms with Gasteiger partial charge in [-0.2, -0.15) is 0 Å². The molecule has 0 bridgehead atoms.